The number of rotatable bonds is 6. The Balaban J connectivity index is 1.75. The molecule has 1 atom stereocenters. The summed E-state index contributed by atoms with van der Waals surface area (Å²) in [5.74, 6) is -0.756. The number of hydrogen-bond acceptors (Lipinski definition) is 4. The maximum absolute atomic E-state index is 13.2. The Morgan fingerprint density at radius 1 is 1.22 bits per heavy atom. The van der Waals surface area contributed by atoms with Gasteiger partial charge in [-0.3, -0.25) is 19.2 Å². The van der Waals surface area contributed by atoms with Crippen molar-refractivity contribution in [3.63, 3.8) is 0 Å². The molecule has 1 aliphatic rings. The van der Waals surface area contributed by atoms with E-state index in [1.165, 1.54) is 5.56 Å². The minimum atomic E-state index is -0.829. The molecule has 0 bridgehead atoms. The lowest BCUT2D eigenvalue weighted by Crippen LogP contribution is -2.44. The highest BCUT2D eigenvalue weighted by atomic mass is 16.4. The largest absolute Gasteiger partial charge is 0.481 e. The number of carbonyl (C=O) groups excluding carboxylic acids is 1. The Labute approximate surface area is 159 Å². The number of likely N-dealkylation sites (N-methyl/N-ethyl adjacent to an activating group) is 1. The average molecular weight is 370 g/mol. The van der Waals surface area contributed by atoms with Gasteiger partial charge in [0.1, 0.15) is 6.04 Å². The summed E-state index contributed by atoms with van der Waals surface area (Å²) in [7, 11) is 3.83. The molecule has 0 fully saturated rings. The zero-order valence-electron chi connectivity index (χ0n) is 16.1. The van der Waals surface area contributed by atoms with Crippen LogP contribution in [0.3, 0.4) is 0 Å². The van der Waals surface area contributed by atoms with Gasteiger partial charge in [-0.15, -0.1) is 0 Å². The van der Waals surface area contributed by atoms with Crippen molar-refractivity contribution in [3.8, 4) is 0 Å². The van der Waals surface area contributed by atoms with E-state index in [-0.39, 0.29) is 18.4 Å². The number of aromatic nitrogens is 2. The van der Waals surface area contributed by atoms with Gasteiger partial charge in [-0.1, -0.05) is 29.8 Å². The van der Waals surface area contributed by atoms with Gasteiger partial charge in [0.15, 0.2) is 0 Å². The van der Waals surface area contributed by atoms with Crippen LogP contribution in [-0.4, -0.2) is 57.2 Å². The van der Waals surface area contributed by atoms with Crippen LogP contribution in [0.25, 0.3) is 0 Å². The molecule has 144 valence electrons. The first kappa shape index (κ1) is 19.1. The molecular weight excluding hydrogens is 344 g/mol. The van der Waals surface area contributed by atoms with Crippen molar-refractivity contribution >= 4 is 11.9 Å². The van der Waals surface area contributed by atoms with Crippen molar-refractivity contribution < 1.29 is 14.7 Å². The highest BCUT2D eigenvalue weighted by Crippen LogP contribution is 2.24. The standard InChI is InChI=1S/C20H26N4O3/c1-14-4-6-15(7-5-14)19(22(2)3)20(27)23-10-11-24-17(13-23)12-16(21-24)8-9-18(25)26/h4-7,12,19H,8-11,13H2,1-3H3,(H,25,26)/t19-/m0/s1. The minimum Gasteiger partial charge on any atom is -0.481 e. The van der Waals surface area contributed by atoms with E-state index < -0.39 is 5.97 Å². The van der Waals surface area contributed by atoms with Crippen LogP contribution in [0, 0.1) is 6.92 Å². The zero-order valence-corrected chi connectivity index (χ0v) is 16.1. The summed E-state index contributed by atoms with van der Waals surface area (Å²) in [5, 5.41) is 13.3. The Bertz CT molecular complexity index is 826. The average Bonchev–Trinajstić information content (AvgIpc) is 3.03. The summed E-state index contributed by atoms with van der Waals surface area (Å²) in [4.78, 5) is 27.8. The second-order valence-electron chi connectivity index (χ2n) is 7.28. The molecule has 1 aromatic heterocycles. The molecule has 27 heavy (non-hydrogen) atoms. The number of amides is 1. The van der Waals surface area contributed by atoms with E-state index in [9.17, 15) is 9.59 Å². The van der Waals surface area contributed by atoms with Gasteiger partial charge in [0, 0.05) is 13.0 Å². The summed E-state index contributed by atoms with van der Waals surface area (Å²) in [6.07, 6.45) is 0.474. The van der Waals surface area contributed by atoms with E-state index >= 15 is 0 Å². The predicted octanol–water partition coefficient (Wildman–Crippen LogP) is 1.85. The summed E-state index contributed by atoms with van der Waals surface area (Å²) in [6, 6.07) is 9.66. The molecular formula is C20H26N4O3. The topological polar surface area (TPSA) is 78.7 Å². The van der Waals surface area contributed by atoms with Crippen LogP contribution >= 0.6 is 0 Å². The molecule has 0 spiro atoms. The highest BCUT2D eigenvalue weighted by Gasteiger charge is 2.30. The third-order valence-corrected chi connectivity index (χ3v) is 4.90. The fraction of sp³-hybridized carbons (Fsp3) is 0.450. The lowest BCUT2D eigenvalue weighted by atomic mass is 10.0. The van der Waals surface area contributed by atoms with E-state index in [0.29, 0.717) is 26.1 Å². The van der Waals surface area contributed by atoms with Crippen LogP contribution in [0.2, 0.25) is 0 Å². The van der Waals surface area contributed by atoms with Gasteiger partial charge >= 0.3 is 5.97 Å². The van der Waals surface area contributed by atoms with Gasteiger partial charge in [0.2, 0.25) is 5.91 Å². The van der Waals surface area contributed by atoms with Gasteiger partial charge < -0.3 is 10.0 Å². The lowest BCUT2D eigenvalue weighted by molar-refractivity contribution is -0.138. The third kappa shape index (κ3) is 4.36. The molecule has 7 heteroatoms. The summed E-state index contributed by atoms with van der Waals surface area (Å²) in [6.45, 7) is 3.75. The normalized spacial score (nSPS) is 14.9. The van der Waals surface area contributed by atoms with Crippen molar-refractivity contribution in [1.29, 1.82) is 0 Å². The number of aliphatic carboxylic acids is 1. The second-order valence-corrected chi connectivity index (χ2v) is 7.28. The molecule has 0 saturated carbocycles. The highest BCUT2D eigenvalue weighted by molar-refractivity contribution is 5.83. The second kappa shape index (κ2) is 7.92. The van der Waals surface area contributed by atoms with Crippen LogP contribution < -0.4 is 0 Å². The van der Waals surface area contributed by atoms with Gasteiger partial charge in [0.05, 0.1) is 30.9 Å². The van der Waals surface area contributed by atoms with Gasteiger partial charge in [-0.2, -0.15) is 5.10 Å². The Morgan fingerprint density at radius 2 is 1.93 bits per heavy atom. The van der Waals surface area contributed by atoms with E-state index in [1.807, 2.05) is 65.8 Å². The zero-order chi connectivity index (χ0) is 19.6. The minimum absolute atomic E-state index is 0.0647. The summed E-state index contributed by atoms with van der Waals surface area (Å²) in [5.41, 5.74) is 3.87. The molecule has 1 amide bonds. The van der Waals surface area contributed by atoms with Crippen LogP contribution in [-0.2, 0) is 29.1 Å². The fourth-order valence-electron chi connectivity index (χ4n) is 3.45. The Morgan fingerprint density at radius 3 is 2.56 bits per heavy atom. The van der Waals surface area contributed by atoms with Crippen LogP contribution in [0.15, 0.2) is 30.3 Å². The quantitative estimate of drug-likeness (QED) is 0.840. The Hall–Kier alpha value is -2.67. The molecule has 1 aromatic carbocycles. The maximum Gasteiger partial charge on any atom is 0.303 e. The van der Waals surface area contributed by atoms with Gasteiger partial charge in [0.25, 0.3) is 0 Å². The van der Waals surface area contributed by atoms with E-state index in [0.717, 1.165) is 17.0 Å². The Kier molecular flexibility index (Phi) is 5.60. The first-order chi connectivity index (χ1) is 12.8. The third-order valence-electron chi connectivity index (χ3n) is 4.90. The lowest BCUT2D eigenvalue weighted by Gasteiger charge is -2.33. The molecule has 3 rings (SSSR count). The molecule has 0 aliphatic carbocycles. The van der Waals surface area contributed by atoms with E-state index in [2.05, 4.69) is 5.10 Å². The van der Waals surface area contributed by atoms with Crippen LogP contribution in [0.5, 0.6) is 0 Å². The van der Waals surface area contributed by atoms with Gasteiger partial charge in [-0.05, 0) is 32.6 Å². The number of aryl methyl sites for hydroxylation is 2. The van der Waals surface area contributed by atoms with E-state index in [1.54, 1.807) is 0 Å². The fourth-order valence-corrected chi connectivity index (χ4v) is 3.45. The van der Waals surface area contributed by atoms with E-state index in [4.69, 9.17) is 5.11 Å². The number of carboxylic acids is 1. The van der Waals surface area contributed by atoms with Crippen molar-refractivity contribution in [3.05, 3.63) is 52.8 Å². The molecule has 1 aliphatic heterocycles. The number of carboxylic acid groups (broad SMARTS) is 1. The predicted molar refractivity (Wildman–Crippen MR) is 101 cm³/mol. The smallest absolute Gasteiger partial charge is 0.303 e. The van der Waals surface area contributed by atoms with Crippen LogP contribution in [0.4, 0.5) is 0 Å². The number of nitrogens with zero attached hydrogens (tertiary/aromatic N) is 4. The molecule has 0 unspecified atom stereocenters. The molecule has 1 N–H and O–H groups in total. The molecule has 0 saturated heterocycles. The van der Waals surface area contributed by atoms with Gasteiger partial charge in [-0.25, -0.2) is 0 Å². The van der Waals surface area contributed by atoms with Crippen molar-refractivity contribution in [1.82, 2.24) is 19.6 Å². The number of fused-ring (bicyclic) bond motifs is 1. The maximum atomic E-state index is 13.2. The summed E-state index contributed by atoms with van der Waals surface area (Å²) >= 11 is 0. The number of hydrogen-bond donors (Lipinski definition) is 1. The van der Waals surface area contributed by atoms with Crippen molar-refractivity contribution in [2.24, 2.45) is 0 Å². The molecule has 2 heterocycles. The SMILES string of the molecule is Cc1ccc([C@@H](C(=O)N2CCn3nc(CCC(=O)O)cc3C2)N(C)C)cc1. The molecule has 2 aromatic rings. The van der Waals surface area contributed by atoms with Crippen molar-refractivity contribution in [2.75, 3.05) is 20.6 Å². The monoisotopic (exact) mass is 370 g/mol. The number of carbonyl (C=O) groups is 2. The first-order valence-corrected chi connectivity index (χ1v) is 9.14. The first-order valence-electron chi connectivity index (χ1n) is 9.14. The van der Waals surface area contributed by atoms with Crippen LogP contribution in [0.1, 0.15) is 35.0 Å². The summed E-state index contributed by atoms with van der Waals surface area (Å²) < 4.78 is 1.89. The number of benzene rings is 1. The van der Waals surface area contributed by atoms with Crippen molar-refractivity contribution in [2.45, 2.75) is 38.9 Å². The molecule has 7 nitrogen and oxygen atoms in total. The molecule has 0 radical (unpaired) electrons.